The molecule has 0 amide bonds. The fourth-order valence-corrected chi connectivity index (χ4v) is 2.44. The third-order valence-corrected chi connectivity index (χ3v) is 3.27. The van der Waals surface area contributed by atoms with Crippen LogP contribution in [0.5, 0.6) is 0 Å². The predicted molar refractivity (Wildman–Crippen MR) is 67.3 cm³/mol. The van der Waals surface area contributed by atoms with E-state index in [4.69, 9.17) is 0 Å². The molecule has 2 aromatic carbocycles. The highest BCUT2D eigenvalue weighted by Crippen LogP contribution is 2.32. The van der Waals surface area contributed by atoms with Crippen LogP contribution in [0.4, 0.5) is 0 Å². The lowest BCUT2D eigenvalue weighted by atomic mass is 10.0. The molecule has 0 saturated carbocycles. The van der Waals surface area contributed by atoms with Gasteiger partial charge in [0.05, 0.1) is 0 Å². The van der Waals surface area contributed by atoms with Crippen molar-refractivity contribution in [3.05, 3.63) is 48.0 Å². The molecule has 0 fully saturated rings. The van der Waals surface area contributed by atoms with Crippen molar-refractivity contribution < 1.29 is 0 Å². The molecule has 15 heavy (non-hydrogen) atoms. The summed E-state index contributed by atoms with van der Waals surface area (Å²) in [6, 6.07) is 12.7. The van der Waals surface area contributed by atoms with Crippen molar-refractivity contribution in [2.75, 3.05) is 0 Å². The number of allylic oxidation sites excluding steroid dienone is 1. The predicted octanol–water partition coefficient (Wildman–Crippen LogP) is 3.94. The molecule has 0 radical (unpaired) electrons. The molecule has 1 heterocycles. The Bertz CT molecular complexity index is 570. The highest BCUT2D eigenvalue weighted by Gasteiger charge is 2.06. The maximum Gasteiger partial charge on any atom is 0.0384 e. The van der Waals surface area contributed by atoms with Crippen LogP contribution in [0.1, 0.15) is 5.56 Å². The van der Waals surface area contributed by atoms with Gasteiger partial charge in [-0.25, -0.2) is 4.40 Å². The summed E-state index contributed by atoms with van der Waals surface area (Å²) in [5.74, 6) is 0. The summed E-state index contributed by atoms with van der Waals surface area (Å²) in [6.07, 6.45) is 5.95. The second-order valence-electron chi connectivity index (χ2n) is 3.40. The SMILES string of the molecule is C1=Cc2c(ccc3ccccc23)SN=C1. The summed E-state index contributed by atoms with van der Waals surface area (Å²) in [4.78, 5) is 1.22. The van der Waals surface area contributed by atoms with Gasteiger partial charge in [-0.1, -0.05) is 36.4 Å². The number of fused-ring (bicyclic) bond motifs is 3. The van der Waals surface area contributed by atoms with E-state index in [-0.39, 0.29) is 0 Å². The van der Waals surface area contributed by atoms with Gasteiger partial charge in [-0.3, -0.25) is 0 Å². The van der Waals surface area contributed by atoms with E-state index in [1.54, 1.807) is 0 Å². The van der Waals surface area contributed by atoms with E-state index in [1.165, 1.54) is 33.2 Å². The Balaban J connectivity index is 2.38. The van der Waals surface area contributed by atoms with Gasteiger partial charge < -0.3 is 0 Å². The normalized spacial score (nSPS) is 13.9. The Morgan fingerprint density at radius 3 is 2.93 bits per heavy atom. The molecule has 0 bridgehead atoms. The molecular formula is C13H9NS. The molecule has 0 atom stereocenters. The second kappa shape index (κ2) is 3.55. The Morgan fingerprint density at radius 1 is 1.00 bits per heavy atom. The Morgan fingerprint density at radius 2 is 1.93 bits per heavy atom. The Kier molecular flexibility index (Phi) is 2.07. The van der Waals surface area contributed by atoms with Crippen LogP contribution < -0.4 is 0 Å². The third kappa shape index (κ3) is 1.47. The van der Waals surface area contributed by atoms with E-state index in [0.29, 0.717) is 0 Å². The molecule has 0 saturated heterocycles. The van der Waals surface area contributed by atoms with Crippen molar-refractivity contribution in [3.8, 4) is 0 Å². The average Bonchev–Trinajstić information content (AvgIpc) is 2.54. The lowest BCUT2D eigenvalue weighted by molar-refractivity contribution is 1.47. The summed E-state index contributed by atoms with van der Waals surface area (Å²) >= 11 is 1.53. The molecule has 72 valence electrons. The van der Waals surface area contributed by atoms with E-state index >= 15 is 0 Å². The Labute approximate surface area is 92.7 Å². The van der Waals surface area contributed by atoms with E-state index < -0.39 is 0 Å². The van der Waals surface area contributed by atoms with Crippen LogP contribution in [0.3, 0.4) is 0 Å². The van der Waals surface area contributed by atoms with Gasteiger partial charge in [0.15, 0.2) is 0 Å². The molecule has 0 unspecified atom stereocenters. The molecule has 1 nitrogen and oxygen atoms in total. The highest BCUT2D eigenvalue weighted by atomic mass is 32.2. The topological polar surface area (TPSA) is 12.4 Å². The lowest BCUT2D eigenvalue weighted by Gasteiger charge is -2.05. The van der Waals surface area contributed by atoms with E-state index in [2.05, 4.69) is 46.9 Å². The van der Waals surface area contributed by atoms with Crippen LogP contribution in [0.15, 0.2) is 51.8 Å². The van der Waals surface area contributed by atoms with Crippen molar-refractivity contribution in [2.24, 2.45) is 4.40 Å². The van der Waals surface area contributed by atoms with Crippen LogP contribution in [0.25, 0.3) is 16.8 Å². The third-order valence-electron chi connectivity index (χ3n) is 2.49. The van der Waals surface area contributed by atoms with Crippen molar-refractivity contribution in [2.45, 2.75) is 4.90 Å². The zero-order valence-corrected chi connectivity index (χ0v) is 8.87. The molecular weight excluding hydrogens is 202 g/mol. The maximum atomic E-state index is 4.22. The molecule has 0 spiro atoms. The van der Waals surface area contributed by atoms with Crippen LogP contribution in [0.2, 0.25) is 0 Å². The number of rotatable bonds is 0. The van der Waals surface area contributed by atoms with Crippen molar-refractivity contribution in [1.29, 1.82) is 0 Å². The lowest BCUT2D eigenvalue weighted by Crippen LogP contribution is -1.81. The number of hydrogen-bond donors (Lipinski definition) is 0. The van der Waals surface area contributed by atoms with Crippen LogP contribution in [0, 0.1) is 0 Å². The summed E-state index contributed by atoms with van der Waals surface area (Å²) in [7, 11) is 0. The highest BCUT2D eigenvalue weighted by molar-refractivity contribution is 7.98. The smallest absolute Gasteiger partial charge is 0.0384 e. The minimum atomic E-state index is 1.22. The standard InChI is InChI=1S/C13H9NS/c1-2-5-11-10(4-1)7-8-13-12(11)6-3-9-14-15-13/h1-9H. The van der Waals surface area contributed by atoms with Gasteiger partial charge in [0.2, 0.25) is 0 Å². The first-order valence-electron chi connectivity index (χ1n) is 4.84. The molecule has 2 heteroatoms. The zero-order valence-electron chi connectivity index (χ0n) is 8.05. The molecule has 0 N–H and O–H groups in total. The minimum Gasteiger partial charge on any atom is -0.219 e. The van der Waals surface area contributed by atoms with Gasteiger partial charge in [-0.05, 0) is 28.5 Å². The molecule has 2 aromatic rings. The van der Waals surface area contributed by atoms with E-state index in [1.807, 2.05) is 12.3 Å². The molecule has 0 aliphatic carbocycles. The summed E-state index contributed by atoms with van der Waals surface area (Å²) in [5.41, 5.74) is 1.27. The van der Waals surface area contributed by atoms with Crippen molar-refractivity contribution >= 4 is 35.0 Å². The van der Waals surface area contributed by atoms with E-state index in [0.717, 1.165) is 0 Å². The van der Waals surface area contributed by atoms with Gasteiger partial charge >= 0.3 is 0 Å². The van der Waals surface area contributed by atoms with Crippen LogP contribution in [-0.4, -0.2) is 6.21 Å². The molecule has 0 aromatic heterocycles. The maximum absolute atomic E-state index is 4.22. The zero-order chi connectivity index (χ0) is 10.1. The first-order valence-corrected chi connectivity index (χ1v) is 5.61. The number of benzene rings is 2. The van der Waals surface area contributed by atoms with Crippen LogP contribution in [-0.2, 0) is 0 Å². The quantitative estimate of drug-likeness (QED) is 0.601. The molecule has 3 rings (SSSR count). The van der Waals surface area contributed by atoms with E-state index in [9.17, 15) is 0 Å². The fourth-order valence-electron chi connectivity index (χ4n) is 1.79. The molecule has 1 aliphatic heterocycles. The van der Waals surface area contributed by atoms with Crippen LogP contribution >= 0.6 is 11.9 Å². The van der Waals surface area contributed by atoms with Gasteiger partial charge in [0.25, 0.3) is 0 Å². The monoisotopic (exact) mass is 211 g/mol. The first kappa shape index (κ1) is 8.74. The van der Waals surface area contributed by atoms with Crippen molar-refractivity contribution in [3.63, 3.8) is 0 Å². The minimum absolute atomic E-state index is 1.22. The summed E-state index contributed by atoms with van der Waals surface area (Å²) in [6.45, 7) is 0. The van der Waals surface area contributed by atoms with Gasteiger partial charge in [-0.2, -0.15) is 0 Å². The first-order chi connectivity index (χ1) is 7.45. The number of nitrogens with zero attached hydrogens (tertiary/aromatic N) is 1. The van der Waals surface area contributed by atoms with Crippen molar-refractivity contribution in [1.82, 2.24) is 0 Å². The second-order valence-corrected chi connectivity index (χ2v) is 4.24. The summed E-state index contributed by atoms with van der Waals surface area (Å²) < 4.78 is 4.22. The molecule has 1 aliphatic rings. The number of hydrogen-bond acceptors (Lipinski definition) is 2. The van der Waals surface area contributed by atoms with Gasteiger partial charge in [-0.15, -0.1) is 0 Å². The fraction of sp³-hybridized carbons (Fsp3) is 0. The van der Waals surface area contributed by atoms with Gasteiger partial charge in [0, 0.05) is 23.1 Å². The Hall–Kier alpha value is -1.54. The average molecular weight is 211 g/mol. The van der Waals surface area contributed by atoms with Gasteiger partial charge in [0.1, 0.15) is 0 Å². The largest absolute Gasteiger partial charge is 0.219 e. The summed E-state index contributed by atoms with van der Waals surface area (Å²) in [5, 5.41) is 2.58.